The number of amides is 1. The van der Waals surface area contributed by atoms with Crippen LogP contribution in [0.3, 0.4) is 0 Å². The van der Waals surface area contributed by atoms with Crippen LogP contribution >= 0.6 is 11.3 Å². The number of nitrogens with one attached hydrogen (secondary N) is 1. The number of rotatable bonds is 9. The lowest BCUT2D eigenvalue weighted by Gasteiger charge is -2.11. The second kappa shape index (κ2) is 10.2. The van der Waals surface area contributed by atoms with Crippen molar-refractivity contribution in [1.82, 2.24) is 4.98 Å². The Balaban J connectivity index is 1.99. The van der Waals surface area contributed by atoms with Gasteiger partial charge in [-0.15, -0.1) is 11.3 Å². The first-order chi connectivity index (χ1) is 19.9. The van der Waals surface area contributed by atoms with E-state index in [4.69, 9.17) is 26.3 Å². The van der Waals surface area contributed by atoms with Crippen molar-refractivity contribution in [3.63, 3.8) is 0 Å². The van der Waals surface area contributed by atoms with Crippen molar-refractivity contribution in [3.05, 3.63) is 76.1 Å². The third-order valence-electron chi connectivity index (χ3n) is 3.37. The number of anilines is 2. The molecule has 1 aromatic heterocycles. The molecule has 0 fully saturated rings. The second-order valence-electron chi connectivity index (χ2n) is 5.65. The van der Waals surface area contributed by atoms with Crippen LogP contribution in [-0.4, -0.2) is 16.0 Å². The van der Waals surface area contributed by atoms with E-state index in [2.05, 4.69) is 4.98 Å². The van der Waals surface area contributed by atoms with E-state index in [0.717, 1.165) is 11.3 Å². The van der Waals surface area contributed by atoms with Crippen molar-refractivity contribution in [2.45, 2.75) is 45.0 Å². The molecule has 4 N–H and O–H groups in total. The van der Waals surface area contributed by atoms with E-state index in [9.17, 15) is 9.90 Å². The number of nitrogens with zero attached hydrogens (tertiary/aromatic N) is 1. The Bertz CT molecular complexity index is 1580. The topological polar surface area (TPSA) is 88.2 Å². The summed E-state index contributed by atoms with van der Waals surface area (Å²) < 4.78 is 124. The number of nitrogens with two attached hydrogens (primary N) is 1. The number of aliphatic hydroxyl groups is 1. The van der Waals surface area contributed by atoms with Crippen LogP contribution in [0.1, 0.15) is 68.2 Å². The first-order valence-electron chi connectivity index (χ1n) is 15.8. The predicted octanol–water partition coefficient (Wildman–Crippen LogP) is 4.66. The van der Waals surface area contributed by atoms with E-state index in [1.54, 1.807) is 0 Å². The number of carbonyl (C=O) groups is 1. The van der Waals surface area contributed by atoms with Gasteiger partial charge in [0.05, 0.1) is 30.5 Å². The van der Waals surface area contributed by atoms with Crippen LogP contribution in [0.25, 0.3) is 0 Å². The third-order valence-corrected chi connectivity index (χ3v) is 4.04. The minimum atomic E-state index is -3.32. The lowest BCUT2D eigenvalue weighted by molar-refractivity contribution is -0.115. The molecule has 2 aromatic carbocycles. The molecule has 152 valence electrons. The van der Waals surface area contributed by atoms with Gasteiger partial charge in [0.1, 0.15) is 0 Å². The van der Waals surface area contributed by atoms with Gasteiger partial charge in [0.25, 0.3) is 0 Å². The first kappa shape index (κ1) is 8.98. The summed E-state index contributed by atoms with van der Waals surface area (Å²) in [7, 11) is 0. The number of carbonyl (C=O) groups excluding carboxylic acids is 1. The fourth-order valence-corrected chi connectivity index (χ4v) is 2.51. The number of nitrogen functional groups attached to an aromatic ring is 1. The molecule has 0 radical (unpaired) electrons. The molecule has 29 heavy (non-hydrogen) atoms. The quantitative estimate of drug-likeness (QED) is 0.466. The van der Waals surface area contributed by atoms with Gasteiger partial charge in [-0.3, -0.25) is 4.79 Å². The minimum Gasteiger partial charge on any atom is -0.388 e. The molecule has 0 aliphatic carbocycles. The van der Waals surface area contributed by atoms with Crippen LogP contribution in [0.4, 0.5) is 10.8 Å². The molecule has 0 saturated heterocycles. The Morgan fingerprint density at radius 1 is 1.31 bits per heavy atom. The molecule has 6 heteroatoms. The largest absolute Gasteiger partial charge is 0.388 e. The van der Waals surface area contributed by atoms with Crippen molar-refractivity contribution in [2.24, 2.45) is 0 Å². The van der Waals surface area contributed by atoms with E-state index < -0.39 is 109 Å². The third kappa shape index (κ3) is 6.69. The maximum absolute atomic E-state index is 12.7. The summed E-state index contributed by atoms with van der Waals surface area (Å²) in [5.41, 5.74) is 2.46. The van der Waals surface area contributed by atoms with E-state index >= 15 is 0 Å². The fraction of sp³-hybridized carbons (Fsp3) is 0.304. The molecule has 3 rings (SSSR count). The Kier molecular flexibility index (Phi) is 3.15. The number of thiazole rings is 1. The smallest absolute Gasteiger partial charge is 0.230 e. The molecule has 5 nitrogen and oxygen atoms in total. The van der Waals surface area contributed by atoms with Gasteiger partial charge in [-0.2, -0.15) is 0 Å². The minimum absolute atomic E-state index is 0.0351. The highest BCUT2D eigenvalue weighted by molar-refractivity contribution is 7.13. The summed E-state index contributed by atoms with van der Waals surface area (Å²) in [5.74, 6) is -1.42. The zero-order chi connectivity index (χ0) is 33.9. The van der Waals surface area contributed by atoms with Gasteiger partial charge in [0.15, 0.2) is 5.13 Å². The number of hydrogen-bond donors (Lipinski definition) is 3. The average molecular weight is 425 g/mol. The summed E-state index contributed by atoms with van der Waals surface area (Å²) in [4.78, 5) is 16.4. The predicted molar refractivity (Wildman–Crippen MR) is 119 cm³/mol. The molecule has 0 saturated carbocycles. The first-order valence-corrected chi connectivity index (χ1v) is 9.23. The summed E-state index contributed by atoms with van der Waals surface area (Å²) in [6.07, 6.45) is -14.1. The van der Waals surface area contributed by atoms with Crippen LogP contribution in [0.15, 0.2) is 53.7 Å². The van der Waals surface area contributed by atoms with Crippen LogP contribution in [0, 0.1) is 6.92 Å². The van der Waals surface area contributed by atoms with Gasteiger partial charge >= 0.3 is 0 Å². The maximum atomic E-state index is 12.7. The Hall–Kier alpha value is -2.70. The summed E-state index contributed by atoms with van der Waals surface area (Å²) in [6, 6.07) is -6.71. The van der Waals surface area contributed by atoms with Gasteiger partial charge in [0.2, 0.25) is 5.91 Å². The number of aromatic nitrogens is 1. The van der Waals surface area contributed by atoms with Crippen LogP contribution in [0.2, 0.25) is 0 Å². The van der Waals surface area contributed by atoms with E-state index in [-0.39, 0.29) is 16.4 Å². The lowest BCUT2D eigenvalue weighted by atomic mass is 10.0. The molecule has 0 unspecified atom stereocenters. The molecule has 1 atom stereocenters. The Morgan fingerprint density at radius 2 is 2.03 bits per heavy atom. The monoisotopic (exact) mass is 424 g/mol. The van der Waals surface area contributed by atoms with Crippen molar-refractivity contribution in [3.8, 4) is 0 Å². The standard InChI is InChI=1S/C23H27N3O2S/c1-16-6-10-18(11-7-16)21(27)5-3-2-4-17-8-12-19(13-9-17)25-22(28)14-20-15-29-23(24)26-20/h6-13,15,21,27H,2-5,14H2,1H3,(H2,24,26)(H,25,28)/t21-/m0/s1/i2D2,4D2,6D,7D,8D,9D,10D,11D,12D,13D,14D2,21D. The second-order valence-corrected chi connectivity index (χ2v) is 6.54. The SMILES string of the molecule is [2H]c1c([2H])c([C@@]([2H])(O)CCC([2H])([2H])C([2H])([2H])c2c([2H])c([2H])c(NC(=O)C([2H])([2H])c3csc(N)n3)c([2H])c2[2H])c([2H])c([2H])c1C. The van der Waals surface area contributed by atoms with Gasteiger partial charge in [-0.25, -0.2) is 4.98 Å². The molecule has 1 heterocycles. The summed E-state index contributed by atoms with van der Waals surface area (Å²) >= 11 is 0.853. The molecule has 0 aliphatic rings. The van der Waals surface area contributed by atoms with Gasteiger partial charge in [-0.1, -0.05) is 48.2 Å². The zero-order valence-corrected chi connectivity index (χ0v) is 16.1. The molecule has 0 aliphatic heterocycles. The summed E-state index contributed by atoms with van der Waals surface area (Å²) in [6.45, 7) is 1.31. The number of benzene rings is 2. The van der Waals surface area contributed by atoms with Crippen molar-refractivity contribution in [1.29, 1.82) is 0 Å². The van der Waals surface area contributed by atoms with Crippen LogP contribution in [0.5, 0.6) is 0 Å². The maximum Gasteiger partial charge on any atom is 0.230 e. The van der Waals surface area contributed by atoms with Crippen molar-refractivity contribution >= 4 is 28.1 Å². The summed E-state index contributed by atoms with van der Waals surface area (Å²) in [5, 5.41) is 13.9. The van der Waals surface area contributed by atoms with Gasteiger partial charge < -0.3 is 16.2 Å². The zero-order valence-electron chi connectivity index (χ0n) is 30.3. The molecule has 0 spiro atoms. The Labute approximate surface area is 196 Å². The average Bonchev–Trinajstić information content (AvgIpc) is 3.37. The molecular formula is C23H27N3O2S. The van der Waals surface area contributed by atoms with E-state index in [1.165, 1.54) is 12.3 Å². The molecule has 3 aromatic rings. The fourth-order valence-electron chi connectivity index (χ4n) is 2.02. The van der Waals surface area contributed by atoms with Crippen LogP contribution in [-0.2, 0) is 17.5 Å². The Morgan fingerprint density at radius 3 is 2.69 bits per heavy atom. The molecular weight excluding hydrogens is 382 g/mol. The van der Waals surface area contributed by atoms with E-state index in [1.807, 2.05) is 5.32 Å². The molecule has 0 bridgehead atoms. The van der Waals surface area contributed by atoms with Crippen LogP contribution < -0.4 is 11.1 Å². The highest BCUT2D eigenvalue weighted by Crippen LogP contribution is 2.21. The van der Waals surface area contributed by atoms with Gasteiger partial charge in [0, 0.05) is 19.3 Å². The normalized spacial score (nSPS) is 21.9. The highest BCUT2D eigenvalue weighted by atomic mass is 32.1. The molecule has 1 amide bonds. The highest BCUT2D eigenvalue weighted by Gasteiger charge is 2.08. The van der Waals surface area contributed by atoms with Crippen molar-refractivity contribution in [2.75, 3.05) is 11.1 Å². The van der Waals surface area contributed by atoms with Gasteiger partial charge in [-0.05, 0) is 49.3 Å². The van der Waals surface area contributed by atoms with Crippen molar-refractivity contribution < 1.29 is 30.5 Å². The van der Waals surface area contributed by atoms with E-state index in [0.29, 0.717) is 0 Å². The number of hydrogen-bond acceptors (Lipinski definition) is 5. The lowest BCUT2D eigenvalue weighted by Crippen LogP contribution is -2.14.